The Kier molecular flexibility index (Phi) is 2.93. The molecule has 5 heteroatoms. The fraction of sp³-hybridized carbons (Fsp3) is 0.300. The first-order valence-corrected chi connectivity index (χ1v) is 5.56. The van der Waals surface area contributed by atoms with E-state index >= 15 is 0 Å². The summed E-state index contributed by atoms with van der Waals surface area (Å²) < 4.78 is 14.8. The van der Waals surface area contributed by atoms with Crippen LogP contribution in [0.2, 0.25) is 0 Å². The number of benzene rings is 1. The number of rotatable bonds is 3. The van der Waals surface area contributed by atoms with Gasteiger partial charge < -0.3 is 9.67 Å². The SMILES string of the molecule is Cn1c(SCCO)nc2cc(F)ccc21. The van der Waals surface area contributed by atoms with Crippen molar-refractivity contribution < 1.29 is 9.50 Å². The minimum absolute atomic E-state index is 0.113. The molecule has 2 aromatic rings. The van der Waals surface area contributed by atoms with Crippen LogP contribution in [0.1, 0.15) is 0 Å². The Morgan fingerprint density at radius 3 is 3.07 bits per heavy atom. The maximum Gasteiger partial charge on any atom is 0.168 e. The Balaban J connectivity index is 2.44. The summed E-state index contributed by atoms with van der Waals surface area (Å²) in [5.74, 6) is 0.318. The monoisotopic (exact) mass is 226 g/mol. The van der Waals surface area contributed by atoms with E-state index in [0.29, 0.717) is 11.3 Å². The maximum absolute atomic E-state index is 12.9. The number of hydrogen-bond acceptors (Lipinski definition) is 3. The summed E-state index contributed by atoms with van der Waals surface area (Å²) in [5, 5.41) is 9.52. The molecule has 0 aliphatic rings. The highest BCUT2D eigenvalue weighted by atomic mass is 32.2. The smallest absolute Gasteiger partial charge is 0.168 e. The number of aromatic nitrogens is 2. The van der Waals surface area contributed by atoms with Crippen LogP contribution in [0.3, 0.4) is 0 Å². The largest absolute Gasteiger partial charge is 0.396 e. The van der Waals surface area contributed by atoms with Gasteiger partial charge in [-0.1, -0.05) is 11.8 Å². The Hall–Kier alpha value is -1.07. The van der Waals surface area contributed by atoms with E-state index in [4.69, 9.17) is 5.11 Å². The molecule has 0 saturated carbocycles. The lowest BCUT2D eigenvalue weighted by molar-refractivity contribution is 0.322. The van der Waals surface area contributed by atoms with Crippen LogP contribution in [0.25, 0.3) is 11.0 Å². The van der Waals surface area contributed by atoms with E-state index < -0.39 is 0 Å². The van der Waals surface area contributed by atoms with Crippen LogP contribution in [0.4, 0.5) is 4.39 Å². The van der Waals surface area contributed by atoms with Gasteiger partial charge in [-0.15, -0.1) is 0 Å². The molecule has 1 heterocycles. The Labute approximate surface area is 90.9 Å². The first kappa shape index (κ1) is 10.4. The van der Waals surface area contributed by atoms with Gasteiger partial charge in [-0.25, -0.2) is 9.37 Å². The number of nitrogens with zero attached hydrogens (tertiary/aromatic N) is 2. The van der Waals surface area contributed by atoms with Crippen molar-refractivity contribution in [3.8, 4) is 0 Å². The zero-order valence-electron chi connectivity index (χ0n) is 8.27. The molecular weight excluding hydrogens is 215 g/mol. The molecule has 80 valence electrons. The second-order valence-corrected chi connectivity index (χ2v) is 4.22. The van der Waals surface area contributed by atoms with Crippen LogP contribution < -0.4 is 0 Å². The Bertz CT molecular complexity index is 483. The molecule has 0 aliphatic carbocycles. The van der Waals surface area contributed by atoms with Crippen molar-refractivity contribution in [2.24, 2.45) is 7.05 Å². The van der Waals surface area contributed by atoms with Gasteiger partial charge in [0.05, 0.1) is 17.6 Å². The summed E-state index contributed by atoms with van der Waals surface area (Å²) in [7, 11) is 1.88. The molecule has 1 aromatic carbocycles. The third-order valence-corrected chi connectivity index (χ3v) is 3.13. The van der Waals surface area contributed by atoms with E-state index in [9.17, 15) is 4.39 Å². The highest BCUT2D eigenvalue weighted by Crippen LogP contribution is 2.22. The molecule has 0 unspecified atom stereocenters. The predicted octanol–water partition coefficient (Wildman–Crippen LogP) is 1.80. The zero-order valence-corrected chi connectivity index (χ0v) is 9.09. The van der Waals surface area contributed by atoms with Gasteiger partial charge in [0.1, 0.15) is 5.82 Å². The van der Waals surface area contributed by atoms with E-state index in [0.717, 1.165) is 10.7 Å². The highest BCUT2D eigenvalue weighted by Gasteiger charge is 2.08. The number of halogens is 1. The first-order valence-electron chi connectivity index (χ1n) is 4.58. The molecule has 0 atom stereocenters. The van der Waals surface area contributed by atoms with Gasteiger partial charge in [0.15, 0.2) is 5.16 Å². The maximum atomic E-state index is 12.9. The lowest BCUT2D eigenvalue weighted by atomic mass is 10.3. The number of imidazole rings is 1. The molecule has 0 fully saturated rings. The third-order valence-electron chi connectivity index (χ3n) is 2.12. The van der Waals surface area contributed by atoms with Crippen molar-refractivity contribution in [2.45, 2.75) is 5.16 Å². The van der Waals surface area contributed by atoms with Gasteiger partial charge >= 0.3 is 0 Å². The number of thioether (sulfide) groups is 1. The minimum Gasteiger partial charge on any atom is -0.396 e. The van der Waals surface area contributed by atoms with Crippen molar-refractivity contribution in [1.29, 1.82) is 0 Å². The van der Waals surface area contributed by atoms with E-state index in [2.05, 4.69) is 4.98 Å². The molecule has 1 aromatic heterocycles. The van der Waals surface area contributed by atoms with E-state index in [1.807, 2.05) is 11.6 Å². The fourth-order valence-electron chi connectivity index (χ4n) is 1.42. The number of hydrogen-bond donors (Lipinski definition) is 1. The third kappa shape index (κ3) is 1.98. The lowest BCUT2D eigenvalue weighted by Gasteiger charge is -1.99. The first-order chi connectivity index (χ1) is 7.22. The summed E-state index contributed by atoms with van der Waals surface area (Å²) in [6.45, 7) is 0.113. The molecule has 0 bridgehead atoms. The Morgan fingerprint density at radius 1 is 1.53 bits per heavy atom. The molecule has 1 N–H and O–H groups in total. The van der Waals surface area contributed by atoms with Gasteiger partial charge in [-0.2, -0.15) is 0 Å². The molecule has 0 spiro atoms. The summed E-state index contributed by atoms with van der Waals surface area (Å²) in [6.07, 6.45) is 0. The van der Waals surface area contributed by atoms with Crippen molar-refractivity contribution in [3.63, 3.8) is 0 Å². The molecular formula is C10H11FN2OS. The molecule has 3 nitrogen and oxygen atoms in total. The summed E-state index contributed by atoms with van der Waals surface area (Å²) in [6, 6.07) is 4.55. The predicted molar refractivity (Wildman–Crippen MR) is 58.5 cm³/mol. The van der Waals surface area contributed by atoms with Gasteiger partial charge in [0.25, 0.3) is 0 Å². The zero-order chi connectivity index (χ0) is 10.8. The Morgan fingerprint density at radius 2 is 2.33 bits per heavy atom. The van der Waals surface area contributed by atoms with Crippen LogP contribution in [-0.2, 0) is 7.05 Å². The molecule has 0 radical (unpaired) electrons. The average Bonchev–Trinajstić information content (AvgIpc) is 2.52. The van der Waals surface area contributed by atoms with Crippen LogP contribution in [-0.4, -0.2) is 27.0 Å². The minimum atomic E-state index is -0.278. The van der Waals surface area contributed by atoms with Gasteiger partial charge in [0.2, 0.25) is 0 Å². The normalized spacial score (nSPS) is 11.1. The standard InChI is InChI=1S/C10H11FN2OS/c1-13-9-3-2-7(11)6-8(9)12-10(13)15-5-4-14/h2-3,6,14H,4-5H2,1H3. The summed E-state index contributed by atoms with van der Waals surface area (Å²) in [4.78, 5) is 4.29. The van der Waals surface area contributed by atoms with Crippen LogP contribution >= 0.6 is 11.8 Å². The molecule has 2 rings (SSSR count). The fourth-order valence-corrected chi connectivity index (χ4v) is 2.15. The summed E-state index contributed by atoms with van der Waals surface area (Å²) in [5.41, 5.74) is 1.55. The van der Waals surface area contributed by atoms with E-state index in [-0.39, 0.29) is 12.4 Å². The van der Waals surface area contributed by atoms with E-state index in [1.54, 1.807) is 6.07 Å². The van der Waals surface area contributed by atoms with Crippen molar-refractivity contribution in [2.75, 3.05) is 12.4 Å². The van der Waals surface area contributed by atoms with Crippen molar-refractivity contribution in [3.05, 3.63) is 24.0 Å². The molecule has 0 aliphatic heterocycles. The lowest BCUT2D eigenvalue weighted by Crippen LogP contribution is -1.93. The van der Waals surface area contributed by atoms with Gasteiger partial charge in [-0.05, 0) is 12.1 Å². The molecule has 15 heavy (non-hydrogen) atoms. The molecule has 0 saturated heterocycles. The average molecular weight is 226 g/mol. The number of fused-ring (bicyclic) bond motifs is 1. The second-order valence-electron chi connectivity index (χ2n) is 3.16. The van der Waals surface area contributed by atoms with Crippen LogP contribution in [0.15, 0.2) is 23.4 Å². The quantitative estimate of drug-likeness (QED) is 0.811. The van der Waals surface area contributed by atoms with Crippen LogP contribution in [0, 0.1) is 5.82 Å². The van der Waals surface area contributed by atoms with Crippen LogP contribution in [0.5, 0.6) is 0 Å². The number of aryl methyl sites for hydroxylation is 1. The topological polar surface area (TPSA) is 38.0 Å². The van der Waals surface area contributed by atoms with Crippen molar-refractivity contribution in [1.82, 2.24) is 9.55 Å². The van der Waals surface area contributed by atoms with Gasteiger partial charge in [0, 0.05) is 18.9 Å². The molecule has 0 amide bonds. The highest BCUT2D eigenvalue weighted by molar-refractivity contribution is 7.99. The van der Waals surface area contributed by atoms with Crippen molar-refractivity contribution >= 4 is 22.8 Å². The number of aliphatic hydroxyl groups excluding tert-OH is 1. The summed E-state index contributed by atoms with van der Waals surface area (Å²) >= 11 is 1.46. The second kappa shape index (κ2) is 4.20. The number of aliphatic hydroxyl groups is 1. The van der Waals surface area contributed by atoms with E-state index in [1.165, 1.54) is 23.9 Å². The van der Waals surface area contributed by atoms with Gasteiger partial charge in [-0.3, -0.25) is 0 Å².